The predicted octanol–water partition coefficient (Wildman–Crippen LogP) is 4.75. The second kappa shape index (κ2) is 12.3. The van der Waals surface area contributed by atoms with Crippen LogP contribution in [0.15, 0.2) is 89.8 Å². The van der Waals surface area contributed by atoms with Crippen LogP contribution in [0, 0.1) is 0 Å². The fraction of sp³-hybridized carbons (Fsp3) is 0.154. The molecule has 0 heterocycles. The molecular formula is C26H25ClN2O5S. The third-order valence-corrected chi connectivity index (χ3v) is 6.92. The summed E-state index contributed by atoms with van der Waals surface area (Å²) in [5.74, 6) is -0.932. The number of halogens is 1. The smallest absolute Gasteiger partial charge is 0.330 e. The first-order valence-corrected chi connectivity index (χ1v) is 12.6. The van der Waals surface area contributed by atoms with Gasteiger partial charge in [0.05, 0.1) is 18.0 Å². The van der Waals surface area contributed by atoms with Crippen LogP contribution in [0.25, 0.3) is 6.08 Å². The number of hydrogen-bond donors (Lipinski definition) is 1. The maximum atomic E-state index is 13.3. The Morgan fingerprint density at radius 2 is 1.63 bits per heavy atom. The molecule has 3 aromatic carbocycles. The molecule has 0 unspecified atom stereocenters. The summed E-state index contributed by atoms with van der Waals surface area (Å²) in [5, 5.41) is 3.14. The van der Waals surface area contributed by atoms with Crippen molar-refractivity contribution in [1.29, 1.82) is 0 Å². The lowest BCUT2D eigenvalue weighted by molar-refractivity contribution is -0.137. The summed E-state index contributed by atoms with van der Waals surface area (Å²) in [7, 11) is -3.97. The molecule has 0 atom stereocenters. The molecule has 0 aromatic heterocycles. The highest BCUT2D eigenvalue weighted by atomic mass is 35.5. The number of benzene rings is 3. The third-order valence-electron chi connectivity index (χ3n) is 4.87. The first kappa shape index (κ1) is 26.2. The van der Waals surface area contributed by atoms with E-state index < -0.39 is 21.9 Å². The molecule has 0 radical (unpaired) electrons. The lowest BCUT2D eigenvalue weighted by Crippen LogP contribution is -2.37. The second-order valence-corrected chi connectivity index (χ2v) is 9.84. The number of ether oxygens (including phenoxy) is 1. The lowest BCUT2D eigenvalue weighted by Gasteiger charge is -2.22. The summed E-state index contributed by atoms with van der Waals surface area (Å²) < 4.78 is 32.6. The summed E-state index contributed by atoms with van der Waals surface area (Å²) in [6.07, 6.45) is 2.92. The fourth-order valence-electron chi connectivity index (χ4n) is 3.16. The van der Waals surface area contributed by atoms with Crippen LogP contribution >= 0.6 is 11.6 Å². The molecule has 3 aromatic rings. The van der Waals surface area contributed by atoms with Crippen molar-refractivity contribution in [2.75, 3.05) is 18.5 Å². The van der Waals surface area contributed by atoms with Crippen molar-refractivity contribution in [1.82, 2.24) is 4.31 Å². The van der Waals surface area contributed by atoms with Crippen molar-refractivity contribution in [2.45, 2.75) is 18.4 Å². The second-order valence-electron chi connectivity index (χ2n) is 7.47. The van der Waals surface area contributed by atoms with E-state index in [1.54, 1.807) is 61.5 Å². The highest BCUT2D eigenvalue weighted by Crippen LogP contribution is 2.21. The van der Waals surface area contributed by atoms with Gasteiger partial charge in [-0.2, -0.15) is 4.31 Å². The van der Waals surface area contributed by atoms with Gasteiger partial charge in [-0.3, -0.25) is 4.79 Å². The number of nitrogens with zero attached hydrogens (tertiary/aromatic N) is 1. The molecule has 0 aliphatic heterocycles. The van der Waals surface area contributed by atoms with Gasteiger partial charge in [-0.1, -0.05) is 54.1 Å². The van der Waals surface area contributed by atoms with Crippen LogP contribution in [0.4, 0.5) is 5.69 Å². The highest BCUT2D eigenvalue weighted by molar-refractivity contribution is 7.89. The van der Waals surface area contributed by atoms with E-state index in [9.17, 15) is 18.0 Å². The number of hydrogen-bond acceptors (Lipinski definition) is 5. The van der Waals surface area contributed by atoms with Crippen molar-refractivity contribution in [3.8, 4) is 0 Å². The number of sulfonamides is 1. The summed E-state index contributed by atoms with van der Waals surface area (Å²) in [5.41, 5.74) is 1.98. The fourth-order valence-corrected chi connectivity index (χ4v) is 4.67. The number of rotatable bonds is 10. The zero-order valence-corrected chi connectivity index (χ0v) is 20.6. The van der Waals surface area contributed by atoms with Gasteiger partial charge in [0.25, 0.3) is 0 Å². The van der Waals surface area contributed by atoms with Crippen molar-refractivity contribution in [3.63, 3.8) is 0 Å². The van der Waals surface area contributed by atoms with Gasteiger partial charge in [-0.05, 0) is 60.5 Å². The molecule has 0 spiro atoms. The van der Waals surface area contributed by atoms with Crippen molar-refractivity contribution in [2.24, 2.45) is 0 Å². The molecule has 0 bridgehead atoms. The molecule has 1 amide bonds. The van der Waals surface area contributed by atoms with E-state index in [1.807, 2.05) is 6.07 Å². The van der Waals surface area contributed by atoms with Crippen LogP contribution in [0.1, 0.15) is 18.1 Å². The first-order valence-electron chi connectivity index (χ1n) is 10.8. The van der Waals surface area contributed by atoms with E-state index in [2.05, 4.69) is 5.32 Å². The summed E-state index contributed by atoms with van der Waals surface area (Å²) in [4.78, 5) is 24.3. The van der Waals surface area contributed by atoms with Crippen LogP contribution < -0.4 is 5.32 Å². The Morgan fingerprint density at radius 3 is 2.26 bits per heavy atom. The molecule has 0 saturated carbocycles. The Balaban J connectivity index is 1.74. The number of carbonyl (C=O) groups excluding carboxylic acids is 2. The van der Waals surface area contributed by atoms with Gasteiger partial charge in [0.2, 0.25) is 15.9 Å². The van der Waals surface area contributed by atoms with Crippen LogP contribution in [-0.2, 0) is 30.9 Å². The van der Waals surface area contributed by atoms with E-state index >= 15 is 0 Å². The maximum absolute atomic E-state index is 13.3. The van der Waals surface area contributed by atoms with Gasteiger partial charge >= 0.3 is 5.97 Å². The average molecular weight is 513 g/mol. The van der Waals surface area contributed by atoms with E-state index in [0.717, 1.165) is 15.4 Å². The normalized spacial score (nSPS) is 11.5. The predicted molar refractivity (Wildman–Crippen MR) is 136 cm³/mol. The monoisotopic (exact) mass is 512 g/mol. The minimum absolute atomic E-state index is 0.0246. The topological polar surface area (TPSA) is 92.8 Å². The quantitative estimate of drug-likeness (QED) is 0.313. The minimum Gasteiger partial charge on any atom is -0.463 e. The van der Waals surface area contributed by atoms with Gasteiger partial charge in [0.1, 0.15) is 0 Å². The number of carbonyl (C=O) groups is 2. The van der Waals surface area contributed by atoms with Gasteiger partial charge in [0.15, 0.2) is 0 Å². The SMILES string of the molecule is CCOC(=O)C=Cc1ccc(NC(=O)CN(Cc2ccccc2)S(=O)(=O)c2ccc(Cl)cc2)cc1. The molecule has 9 heteroatoms. The minimum atomic E-state index is -3.97. The molecule has 7 nitrogen and oxygen atoms in total. The van der Waals surface area contributed by atoms with E-state index in [1.165, 1.54) is 30.3 Å². The third kappa shape index (κ3) is 7.78. The summed E-state index contributed by atoms with van der Waals surface area (Å²) >= 11 is 5.91. The maximum Gasteiger partial charge on any atom is 0.330 e. The van der Waals surface area contributed by atoms with E-state index in [4.69, 9.17) is 16.3 Å². The number of amides is 1. The van der Waals surface area contributed by atoms with Gasteiger partial charge in [0, 0.05) is 23.3 Å². The molecule has 0 aliphatic rings. The van der Waals surface area contributed by atoms with E-state index in [0.29, 0.717) is 17.3 Å². The number of esters is 1. The Hall–Kier alpha value is -3.46. The largest absolute Gasteiger partial charge is 0.463 e. The Kier molecular flexibility index (Phi) is 9.19. The van der Waals surface area contributed by atoms with Gasteiger partial charge < -0.3 is 10.1 Å². The zero-order valence-electron chi connectivity index (χ0n) is 19.1. The Bertz CT molecular complexity index is 1280. The van der Waals surface area contributed by atoms with Crippen LogP contribution in [0.5, 0.6) is 0 Å². The molecule has 182 valence electrons. The molecular weight excluding hydrogens is 488 g/mol. The van der Waals surface area contributed by atoms with E-state index in [-0.39, 0.29) is 18.0 Å². The van der Waals surface area contributed by atoms with Crippen molar-refractivity contribution < 1.29 is 22.7 Å². The molecule has 3 rings (SSSR count). The molecule has 1 N–H and O–H groups in total. The zero-order chi connectivity index (χ0) is 25.3. The van der Waals surface area contributed by atoms with Gasteiger partial charge in [-0.25, -0.2) is 13.2 Å². The molecule has 0 aliphatic carbocycles. The number of nitrogens with one attached hydrogen (secondary N) is 1. The standard InChI is InChI=1S/C26H25ClN2O5S/c1-2-34-26(31)17-10-20-8-13-23(14-9-20)28-25(30)19-29(18-21-6-4-3-5-7-21)35(32,33)24-15-11-22(27)12-16-24/h3-17H,2,18-19H2,1H3,(H,28,30). The number of anilines is 1. The van der Waals surface area contributed by atoms with Crippen LogP contribution in [0.3, 0.4) is 0 Å². The van der Waals surface area contributed by atoms with Crippen molar-refractivity contribution >= 4 is 45.3 Å². The summed E-state index contributed by atoms with van der Waals surface area (Å²) in [6.45, 7) is 1.66. The van der Waals surface area contributed by atoms with Crippen LogP contribution in [-0.4, -0.2) is 37.8 Å². The van der Waals surface area contributed by atoms with Crippen molar-refractivity contribution in [3.05, 3.63) is 101 Å². The summed E-state index contributed by atoms with van der Waals surface area (Å²) in [6, 6.07) is 21.6. The lowest BCUT2D eigenvalue weighted by atomic mass is 10.2. The molecule has 0 saturated heterocycles. The van der Waals surface area contributed by atoms with Gasteiger partial charge in [-0.15, -0.1) is 0 Å². The highest BCUT2D eigenvalue weighted by Gasteiger charge is 2.27. The molecule has 35 heavy (non-hydrogen) atoms. The first-order chi connectivity index (χ1) is 16.8. The Labute approximate surface area is 210 Å². The molecule has 0 fully saturated rings. The Morgan fingerprint density at radius 1 is 0.971 bits per heavy atom. The van der Waals surface area contributed by atoms with Crippen LogP contribution in [0.2, 0.25) is 5.02 Å². The average Bonchev–Trinajstić information content (AvgIpc) is 2.84.